The summed E-state index contributed by atoms with van der Waals surface area (Å²) in [7, 11) is 0. The lowest BCUT2D eigenvalue weighted by Gasteiger charge is -2.33. The van der Waals surface area contributed by atoms with Gasteiger partial charge in [0.2, 0.25) is 5.91 Å². The molecule has 1 aromatic carbocycles. The molecule has 4 fully saturated rings. The highest BCUT2D eigenvalue weighted by molar-refractivity contribution is 5.90. The molecule has 5 nitrogen and oxygen atoms in total. The van der Waals surface area contributed by atoms with Crippen LogP contribution in [-0.4, -0.2) is 45.4 Å². The number of rotatable bonds is 5. The van der Waals surface area contributed by atoms with Crippen molar-refractivity contribution in [2.75, 3.05) is 13.1 Å². The van der Waals surface area contributed by atoms with Crippen LogP contribution in [0.25, 0.3) is 0 Å². The van der Waals surface area contributed by atoms with Gasteiger partial charge in [-0.2, -0.15) is 0 Å². The van der Waals surface area contributed by atoms with Crippen LogP contribution in [0.5, 0.6) is 5.75 Å². The Labute approximate surface area is 184 Å². The number of likely N-dealkylation sites (tertiary alicyclic amines) is 1. The first kappa shape index (κ1) is 19.3. The molecule has 0 unspecified atom stereocenters. The molecular formula is C26H31N3O2. The minimum Gasteiger partial charge on any atom is -0.490 e. The quantitative estimate of drug-likeness (QED) is 0.726. The van der Waals surface area contributed by atoms with Crippen molar-refractivity contribution in [2.24, 2.45) is 5.92 Å². The summed E-state index contributed by atoms with van der Waals surface area (Å²) in [5.74, 6) is 1.74. The minimum absolute atomic E-state index is 0.286. The number of amides is 1. The summed E-state index contributed by atoms with van der Waals surface area (Å²) in [6.07, 6.45) is 12.2. The fraction of sp³-hybridized carbons (Fsp3) is 0.538. The van der Waals surface area contributed by atoms with Crippen LogP contribution in [0.3, 0.4) is 0 Å². The topological polar surface area (TPSA) is 45.7 Å². The highest BCUT2D eigenvalue weighted by atomic mass is 16.5. The predicted molar refractivity (Wildman–Crippen MR) is 118 cm³/mol. The van der Waals surface area contributed by atoms with Gasteiger partial charge in [0.1, 0.15) is 11.3 Å². The zero-order valence-electron chi connectivity index (χ0n) is 18.1. The van der Waals surface area contributed by atoms with Gasteiger partial charge in [0, 0.05) is 37.4 Å². The third kappa shape index (κ3) is 3.16. The largest absolute Gasteiger partial charge is 0.490 e. The molecule has 0 bridgehead atoms. The van der Waals surface area contributed by atoms with Crippen LogP contribution < -0.4 is 4.74 Å². The van der Waals surface area contributed by atoms with Crippen molar-refractivity contribution in [2.45, 2.75) is 69.2 Å². The Morgan fingerprint density at radius 1 is 1.10 bits per heavy atom. The molecule has 1 saturated carbocycles. The third-order valence-electron chi connectivity index (χ3n) is 8.09. The molecule has 4 heterocycles. The number of hydrogen-bond acceptors (Lipinski definition) is 4. The highest BCUT2D eigenvalue weighted by Gasteiger charge is 2.65. The maximum atomic E-state index is 13.7. The van der Waals surface area contributed by atoms with Crippen molar-refractivity contribution in [1.29, 1.82) is 0 Å². The molecule has 3 atom stereocenters. The van der Waals surface area contributed by atoms with Gasteiger partial charge in [-0.25, -0.2) is 0 Å². The standard InChI is InChI=1S/C26H31N3O2/c30-25-26-12-4-14-29(26)24(15-21(26)18-28(25)17-19-5-3-13-27-16-19)20-8-10-23(11-9-20)31-22-6-1-2-7-22/h3,5,8-11,13,16,21-22,24H,1-2,4,6-7,12,14-15,17-18H2/t21-,24-,26-/m0/s1. The maximum absolute atomic E-state index is 13.7. The van der Waals surface area contributed by atoms with Crippen LogP contribution in [-0.2, 0) is 11.3 Å². The summed E-state index contributed by atoms with van der Waals surface area (Å²) in [5.41, 5.74) is 2.17. The Bertz CT molecular complexity index is 941. The van der Waals surface area contributed by atoms with Crippen molar-refractivity contribution in [3.63, 3.8) is 0 Å². The number of benzene rings is 1. The van der Waals surface area contributed by atoms with E-state index in [1.807, 2.05) is 12.3 Å². The van der Waals surface area contributed by atoms with E-state index < -0.39 is 0 Å². The van der Waals surface area contributed by atoms with E-state index in [0.717, 1.165) is 43.7 Å². The number of hydrogen-bond donors (Lipinski definition) is 0. The average Bonchev–Trinajstić information content (AvgIpc) is 3.55. The average molecular weight is 418 g/mol. The van der Waals surface area contributed by atoms with E-state index in [-0.39, 0.29) is 5.54 Å². The second-order valence-electron chi connectivity index (χ2n) is 9.81. The molecule has 162 valence electrons. The van der Waals surface area contributed by atoms with Crippen molar-refractivity contribution in [3.8, 4) is 5.75 Å². The second-order valence-corrected chi connectivity index (χ2v) is 9.81. The molecule has 0 N–H and O–H groups in total. The Kier molecular flexibility index (Phi) is 4.75. The number of aromatic nitrogens is 1. The van der Waals surface area contributed by atoms with Crippen molar-refractivity contribution < 1.29 is 9.53 Å². The molecule has 1 amide bonds. The lowest BCUT2D eigenvalue weighted by molar-refractivity contribution is -0.137. The normalized spacial score (nSPS) is 30.7. The Balaban J connectivity index is 1.20. The summed E-state index contributed by atoms with van der Waals surface area (Å²) in [4.78, 5) is 22.5. The number of pyridine rings is 1. The summed E-state index contributed by atoms with van der Waals surface area (Å²) in [6, 6.07) is 13.1. The van der Waals surface area contributed by atoms with E-state index in [2.05, 4.69) is 45.1 Å². The first-order valence-electron chi connectivity index (χ1n) is 12.0. The molecule has 3 aliphatic heterocycles. The van der Waals surface area contributed by atoms with Gasteiger partial charge in [-0.05, 0) is 80.8 Å². The fourth-order valence-electron chi connectivity index (χ4n) is 6.71. The molecule has 1 aliphatic carbocycles. The van der Waals surface area contributed by atoms with Gasteiger partial charge in [-0.1, -0.05) is 18.2 Å². The Morgan fingerprint density at radius 3 is 2.71 bits per heavy atom. The minimum atomic E-state index is -0.286. The van der Waals surface area contributed by atoms with Crippen LogP contribution in [0.2, 0.25) is 0 Å². The Hall–Kier alpha value is -2.40. The van der Waals surface area contributed by atoms with Crippen molar-refractivity contribution in [3.05, 3.63) is 59.9 Å². The lowest BCUT2D eigenvalue weighted by atomic mass is 9.85. The summed E-state index contributed by atoms with van der Waals surface area (Å²) in [5, 5.41) is 0. The van der Waals surface area contributed by atoms with Gasteiger partial charge in [0.05, 0.1) is 6.10 Å². The monoisotopic (exact) mass is 417 g/mol. The number of carbonyl (C=O) groups excluding carboxylic acids is 1. The summed E-state index contributed by atoms with van der Waals surface area (Å²) < 4.78 is 6.16. The van der Waals surface area contributed by atoms with E-state index in [9.17, 15) is 4.79 Å². The van der Waals surface area contributed by atoms with Crippen molar-refractivity contribution >= 4 is 5.91 Å². The molecular weight excluding hydrogens is 386 g/mol. The van der Waals surface area contributed by atoms with Gasteiger partial charge < -0.3 is 9.64 Å². The zero-order valence-corrected chi connectivity index (χ0v) is 18.1. The van der Waals surface area contributed by atoms with Crippen molar-refractivity contribution in [1.82, 2.24) is 14.8 Å². The first-order chi connectivity index (χ1) is 15.2. The predicted octanol–water partition coefficient (Wildman–Crippen LogP) is 4.34. The third-order valence-corrected chi connectivity index (χ3v) is 8.09. The maximum Gasteiger partial charge on any atom is 0.243 e. The van der Waals surface area contributed by atoms with Gasteiger partial charge >= 0.3 is 0 Å². The van der Waals surface area contributed by atoms with E-state index in [1.165, 1.54) is 31.2 Å². The number of ether oxygens (including phenoxy) is 1. The smallest absolute Gasteiger partial charge is 0.243 e. The van der Waals surface area contributed by atoms with E-state index in [1.54, 1.807) is 6.20 Å². The molecule has 3 saturated heterocycles. The second kappa shape index (κ2) is 7.63. The van der Waals surface area contributed by atoms with E-state index in [0.29, 0.717) is 30.5 Å². The number of nitrogens with zero attached hydrogens (tertiary/aromatic N) is 3. The van der Waals surface area contributed by atoms with Crippen LogP contribution in [0.15, 0.2) is 48.8 Å². The molecule has 6 rings (SSSR count). The molecule has 1 aromatic heterocycles. The van der Waals surface area contributed by atoms with Crippen LogP contribution in [0, 0.1) is 5.92 Å². The molecule has 1 spiro atoms. The molecule has 31 heavy (non-hydrogen) atoms. The van der Waals surface area contributed by atoms with Crippen LogP contribution >= 0.6 is 0 Å². The van der Waals surface area contributed by atoms with Gasteiger partial charge in [0.15, 0.2) is 0 Å². The molecule has 4 aliphatic rings. The molecule has 2 aromatic rings. The number of carbonyl (C=O) groups is 1. The van der Waals surface area contributed by atoms with Gasteiger partial charge in [-0.3, -0.25) is 14.7 Å². The SMILES string of the molecule is O=C1N(Cc2cccnc2)C[C@@H]2C[C@@H](c3ccc(OC4CCCC4)cc3)N3CCC[C@@]123. The summed E-state index contributed by atoms with van der Waals surface area (Å²) in [6.45, 7) is 2.56. The fourth-order valence-corrected chi connectivity index (χ4v) is 6.71. The van der Waals surface area contributed by atoms with Gasteiger partial charge in [0.25, 0.3) is 0 Å². The Morgan fingerprint density at radius 2 is 1.94 bits per heavy atom. The first-order valence-corrected chi connectivity index (χ1v) is 12.0. The highest BCUT2D eigenvalue weighted by Crippen LogP contribution is 2.56. The van der Waals surface area contributed by atoms with Gasteiger partial charge in [-0.15, -0.1) is 0 Å². The van der Waals surface area contributed by atoms with Crippen LogP contribution in [0.1, 0.15) is 62.1 Å². The summed E-state index contributed by atoms with van der Waals surface area (Å²) >= 11 is 0. The zero-order chi connectivity index (χ0) is 20.8. The lowest BCUT2D eigenvalue weighted by Crippen LogP contribution is -2.49. The molecule has 0 radical (unpaired) electrons. The van der Waals surface area contributed by atoms with E-state index in [4.69, 9.17) is 4.74 Å². The molecule has 5 heteroatoms. The van der Waals surface area contributed by atoms with E-state index >= 15 is 0 Å². The van der Waals surface area contributed by atoms with Crippen LogP contribution in [0.4, 0.5) is 0 Å².